The van der Waals surface area contributed by atoms with E-state index in [2.05, 4.69) is 13.5 Å². The van der Waals surface area contributed by atoms with Crippen molar-refractivity contribution in [2.45, 2.75) is 51.5 Å². The van der Waals surface area contributed by atoms with Gasteiger partial charge in [0, 0.05) is 5.92 Å². The lowest BCUT2D eigenvalue weighted by Crippen LogP contribution is -2.41. The van der Waals surface area contributed by atoms with Crippen LogP contribution in [0.2, 0.25) is 0 Å². The van der Waals surface area contributed by atoms with Crippen molar-refractivity contribution in [1.29, 1.82) is 0 Å². The number of hydrogen-bond donors (Lipinski definition) is 1. The normalized spacial score (nSPS) is 22.6. The van der Waals surface area contributed by atoms with Crippen LogP contribution in [-0.2, 0) is 20.8 Å². The second-order valence-corrected chi connectivity index (χ2v) is 8.16. The fourth-order valence-corrected chi connectivity index (χ4v) is 3.96. The van der Waals surface area contributed by atoms with Crippen molar-refractivity contribution in [1.82, 2.24) is 0 Å². The van der Waals surface area contributed by atoms with Gasteiger partial charge in [0.1, 0.15) is 6.10 Å². The van der Waals surface area contributed by atoms with Gasteiger partial charge in [-0.3, -0.25) is 0 Å². The van der Waals surface area contributed by atoms with Crippen molar-refractivity contribution >= 4 is 0 Å². The van der Waals surface area contributed by atoms with Gasteiger partial charge >= 0.3 is 0 Å². The molecule has 1 aliphatic heterocycles. The molecule has 0 aromatic heterocycles. The molecule has 1 N–H and O–H groups in total. The minimum absolute atomic E-state index is 0.0334. The van der Waals surface area contributed by atoms with E-state index in [9.17, 15) is 5.11 Å². The first-order valence-corrected chi connectivity index (χ1v) is 10.2. The van der Waals surface area contributed by atoms with Gasteiger partial charge in [-0.1, -0.05) is 73.7 Å². The summed E-state index contributed by atoms with van der Waals surface area (Å²) < 4.78 is 18.3. The van der Waals surface area contributed by atoms with E-state index in [1.54, 1.807) is 0 Å². The third kappa shape index (κ3) is 5.55. The minimum Gasteiger partial charge on any atom is -0.388 e. The molecule has 0 saturated carbocycles. The molecule has 0 unspecified atom stereocenters. The Bertz CT molecular complexity index is 759. The molecular formula is C25H32O4. The van der Waals surface area contributed by atoms with Crippen molar-refractivity contribution in [3.05, 3.63) is 84.4 Å². The Morgan fingerprint density at radius 2 is 1.76 bits per heavy atom. The highest BCUT2D eigenvalue weighted by atomic mass is 16.7. The zero-order valence-electron chi connectivity index (χ0n) is 17.5. The molecule has 2 aromatic rings. The van der Waals surface area contributed by atoms with E-state index in [4.69, 9.17) is 14.2 Å². The number of ether oxygens (including phenoxy) is 3. The van der Waals surface area contributed by atoms with E-state index in [0.717, 1.165) is 11.1 Å². The van der Waals surface area contributed by atoms with E-state index in [1.807, 2.05) is 80.6 Å². The van der Waals surface area contributed by atoms with Crippen LogP contribution in [-0.4, -0.2) is 29.7 Å². The summed E-state index contributed by atoms with van der Waals surface area (Å²) in [5.74, 6) is -0.861. The Morgan fingerprint density at radius 3 is 2.31 bits per heavy atom. The second kappa shape index (κ2) is 9.68. The summed E-state index contributed by atoms with van der Waals surface area (Å²) in [6, 6.07) is 19.8. The van der Waals surface area contributed by atoms with Crippen LogP contribution in [0, 0.1) is 11.8 Å². The van der Waals surface area contributed by atoms with Gasteiger partial charge in [0.15, 0.2) is 5.79 Å². The first kappa shape index (κ1) is 21.7. The van der Waals surface area contributed by atoms with E-state index in [1.165, 1.54) is 0 Å². The monoisotopic (exact) mass is 396 g/mol. The van der Waals surface area contributed by atoms with Crippen molar-refractivity contribution in [3.8, 4) is 0 Å². The Kier molecular flexibility index (Phi) is 7.25. The maximum absolute atomic E-state index is 11.0. The van der Waals surface area contributed by atoms with Gasteiger partial charge in [-0.2, -0.15) is 0 Å². The van der Waals surface area contributed by atoms with Gasteiger partial charge in [0.25, 0.3) is 0 Å². The first-order valence-electron chi connectivity index (χ1n) is 10.2. The lowest BCUT2D eigenvalue weighted by atomic mass is 9.80. The molecule has 0 aliphatic carbocycles. The summed E-state index contributed by atoms with van der Waals surface area (Å²) in [6.45, 7) is 10.8. The fraction of sp³-hybridized carbons (Fsp3) is 0.440. The van der Waals surface area contributed by atoms with E-state index >= 15 is 0 Å². The van der Waals surface area contributed by atoms with Crippen molar-refractivity contribution in [2.75, 3.05) is 6.61 Å². The smallest absolute Gasteiger partial charge is 0.163 e. The van der Waals surface area contributed by atoms with Gasteiger partial charge in [0.05, 0.1) is 25.4 Å². The van der Waals surface area contributed by atoms with Crippen LogP contribution in [0.15, 0.2) is 73.3 Å². The molecule has 0 spiro atoms. The third-order valence-corrected chi connectivity index (χ3v) is 5.59. The van der Waals surface area contributed by atoms with Crippen molar-refractivity contribution < 1.29 is 19.3 Å². The molecule has 1 heterocycles. The number of benzene rings is 2. The molecule has 1 fully saturated rings. The molecule has 4 nitrogen and oxygen atoms in total. The molecule has 0 radical (unpaired) electrons. The summed E-state index contributed by atoms with van der Waals surface area (Å²) in [4.78, 5) is 0. The quantitative estimate of drug-likeness (QED) is 0.613. The lowest BCUT2D eigenvalue weighted by molar-refractivity contribution is -0.167. The predicted molar refractivity (Wildman–Crippen MR) is 114 cm³/mol. The Hall–Kier alpha value is -1.98. The number of rotatable bonds is 9. The molecule has 5 atom stereocenters. The molecule has 156 valence electrons. The topological polar surface area (TPSA) is 47.9 Å². The third-order valence-electron chi connectivity index (χ3n) is 5.59. The molecule has 29 heavy (non-hydrogen) atoms. The zero-order chi connectivity index (χ0) is 20.9. The van der Waals surface area contributed by atoms with E-state index in [0.29, 0.717) is 13.2 Å². The summed E-state index contributed by atoms with van der Waals surface area (Å²) in [6.07, 6.45) is 0.691. The largest absolute Gasteiger partial charge is 0.388 e. The average molecular weight is 397 g/mol. The molecule has 0 bridgehead atoms. The summed E-state index contributed by atoms with van der Waals surface area (Å²) in [5.41, 5.74) is 1.97. The van der Waals surface area contributed by atoms with E-state index in [-0.39, 0.29) is 24.0 Å². The maximum atomic E-state index is 11.0. The predicted octanol–water partition coefficient (Wildman–Crippen LogP) is 4.90. The van der Waals surface area contributed by atoms with Gasteiger partial charge in [-0.25, -0.2) is 0 Å². The number of aliphatic hydroxyl groups excluding tert-OH is 1. The molecule has 0 amide bonds. The van der Waals surface area contributed by atoms with Gasteiger partial charge in [-0.05, 0) is 30.9 Å². The lowest BCUT2D eigenvalue weighted by Gasteiger charge is -2.35. The molecule has 2 aromatic carbocycles. The van der Waals surface area contributed by atoms with Crippen LogP contribution in [0.4, 0.5) is 0 Å². The Morgan fingerprint density at radius 1 is 1.14 bits per heavy atom. The molecule has 4 heteroatoms. The van der Waals surface area contributed by atoms with Crippen LogP contribution in [0.5, 0.6) is 0 Å². The van der Waals surface area contributed by atoms with E-state index < -0.39 is 11.9 Å². The molecular weight excluding hydrogens is 364 g/mol. The van der Waals surface area contributed by atoms with Crippen molar-refractivity contribution in [3.63, 3.8) is 0 Å². The second-order valence-electron chi connectivity index (χ2n) is 8.16. The van der Waals surface area contributed by atoms with Gasteiger partial charge in [0.2, 0.25) is 0 Å². The number of hydrogen-bond acceptors (Lipinski definition) is 4. The van der Waals surface area contributed by atoms with Gasteiger partial charge in [-0.15, -0.1) is 6.58 Å². The zero-order valence-corrected chi connectivity index (χ0v) is 17.5. The summed E-state index contributed by atoms with van der Waals surface area (Å²) >= 11 is 0. The van der Waals surface area contributed by atoms with Crippen LogP contribution in [0.3, 0.4) is 0 Å². The van der Waals surface area contributed by atoms with Crippen LogP contribution in [0.25, 0.3) is 0 Å². The Labute approximate surface area is 174 Å². The van der Waals surface area contributed by atoms with Crippen LogP contribution in [0.1, 0.15) is 38.0 Å². The van der Waals surface area contributed by atoms with Crippen molar-refractivity contribution in [2.24, 2.45) is 11.8 Å². The molecule has 1 saturated heterocycles. The maximum Gasteiger partial charge on any atom is 0.163 e. The highest BCUT2D eigenvalue weighted by Crippen LogP contribution is 2.36. The average Bonchev–Trinajstić information content (AvgIpc) is 3.09. The first-order chi connectivity index (χ1) is 13.9. The van der Waals surface area contributed by atoms with Crippen LogP contribution < -0.4 is 0 Å². The molecule has 3 rings (SSSR count). The van der Waals surface area contributed by atoms with Crippen LogP contribution >= 0.6 is 0 Å². The highest BCUT2D eigenvalue weighted by molar-refractivity contribution is 5.20. The van der Waals surface area contributed by atoms with Gasteiger partial charge < -0.3 is 19.3 Å². The minimum atomic E-state index is -0.665. The standard InChI is InChI=1S/C25H32O4/c1-5-21(23(26)20-14-10-7-11-15-20)18(2)24(22-17-28-25(3,4)29-22)27-16-19-12-8-6-9-13-19/h5-15,18,21-24,26H,1,16-17H2,2-4H3/t18-,21+,22+,23+,24-/m0/s1. The summed E-state index contributed by atoms with van der Waals surface area (Å²) in [7, 11) is 0. The Balaban J connectivity index is 1.80. The molecule has 1 aliphatic rings. The fourth-order valence-electron chi connectivity index (χ4n) is 3.96. The SMILES string of the molecule is C=C[C@H]([C@H](C)[C@H](OCc1ccccc1)[C@H]1COC(C)(C)O1)[C@H](O)c1ccccc1. The highest BCUT2D eigenvalue weighted by Gasteiger charge is 2.42. The summed E-state index contributed by atoms with van der Waals surface area (Å²) in [5, 5.41) is 11.0. The number of aliphatic hydroxyl groups is 1.